The number of carbonyl (C=O) groups excluding carboxylic acids is 3. The number of H-pyrrole nitrogens is 2. The summed E-state index contributed by atoms with van der Waals surface area (Å²) in [6, 6.07) is 19.2. The van der Waals surface area contributed by atoms with Gasteiger partial charge in [-0.3, -0.25) is 14.4 Å². The second-order valence-electron chi connectivity index (χ2n) is 11.2. The second-order valence-corrected chi connectivity index (χ2v) is 11.2. The lowest BCUT2D eigenvalue weighted by atomic mass is 10.1. The zero-order valence-electron chi connectivity index (χ0n) is 25.2. The first kappa shape index (κ1) is 29.7. The van der Waals surface area contributed by atoms with Gasteiger partial charge in [-0.1, -0.05) is 48.5 Å². The van der Waals surface area contributed by atoms with Crippen molar-refractivity contribution in [2.75, 3.05) is 19.6 Å². The van der Waals surface area contributed by atoms with Gasteiger partial charge in [-0.25, -0.2) is 4.98 Å². The number of ether oxygens (including phenoxy) is 1. The number of aromatic nitrogens is 3. The third-order valence-electron chi connectivity index (χ3n) is 8.22. The molecule has 1 aliphatic heterocycles. The summed E-state index contributed by atoms with van der Waals surface area (Å²) in [4.78, 5) is 53.1. The molecule has 0 unspecified atom stereocenters. The smallest absolute Gasteiger partial charge is 0.245 e. The maximum absolute atomic E-state index is 13.7. The Balaban J connectivity index is 1.10. The molecule has 0 bridgehead atoms. The van der Waals surface area contributed by atoms with Gasteiger partial charge in [0.15, 0.2) is 0 Å². The normalized spacial score (nSPS) is 14.8. The van der Waals surface area contributed by atoms with E-state index < -0.39 is 6.04 Å². The average molecular weight is 605 g/mol. The summed E-state index contributed by atoms with van der Waals surface area (Å²) in [6.45, 7) is 2.69. The number of likely N-dealkylation sites (tertiary alicyclic amines) is 1. The lowest BCUT2D eigenvalue weighted by Gasteiger charge is -2.29. The summed E-state index contributed by atoms with van der Waals surface area (Å²) in [7, 11) is 0. The van der Waals surface area contributed by atoms with Gasteiger partial charge in [-0.05, 0) is 42.5 Å². The molecule has 4 heterocycles. The Bertz CT molecular complexity index is 1840. The Morgan fingerprint density at radius 2 is 1.84 bits per heavy atom. The number of aromatic amines is 2. The van der Waals surface area contributed by atoms with Gasteiger partial charge in [0.25, 0.3) is 0 Å². The highest BCUT2D eigenvalue weighted by molar-refractivity contribution is 5.92. The molecule has 5 aromatic rings. The van der Waals surface area contributed by atoms with Gasteiger partial charge in [0.05, 0.1) is 12.1 Å². The zero-order chi connectivity index (χ0) is 31.2. The van der Waals surface area contributed by atoms with Crippen LogP contribution < -0.4 is 10.1 Å². The minimum Gasteiger partial charge on any atom is -0.473 e. The van der Waals surface area contributed by atoms with E-state index in [1.54, 1.807) is 28.3 Å². The molecule has 0 aliphatic carbocycles. The van der Waals surface area contributed by atoms with Crippen LogP contribution in [0.4, 0.5) is 0 Å². The van der Waals surface area contributed by atoms with Crippen LogP contribution in [0.3, 0.4) is 0 Å². The maximum atomic E-state index is 13.7. The van der Waals surface area contributed by atoms with E-state index in [9.17, 15) is 14.4 Å². The Kier molecular flexibility index (Phi) is 8.91. The van der Waals surface area contributed by atoms with Crippen LogP contribution in [-0.2, 0) is 27.4 Å². The standard InChI is InChI=1S/C35H36N6O4/c1-24(42)41-16-7-12-32(41)35(44)40(17-14-27-20-37-30-11-6-5-10-28(27)30)22-33(43)36-15-13-26-19-38-31-18-34(39-21-29(26)31)45-23-25-8-3-2-4-9-25/h2-6,8-11,13,15,18-21,32,37-38H,7,12,14,16-17,22-23H2,1H3,(H,36,43)/b15-13-/t32-/m1/s1. The van der Waals surface area contributed by atoms with E-state index >= 15 is 0 Å². The predicted octanol–water partition coefficient (Wildman–Crippen LogP) is 4.79. The van der Waals surface area contributed by atoms with Crippen molar-refractivity contribution in [2.45, 2.75) is 38.8 Å². The number of hydrogen-bond acceptors (Lipinski definition) is 5. The molecular formula is C35H36N6O4. The van der Waals surface area contributed by atoms with Crippen LogP contribution in [0.15, 0.2) is 85.5 Å². The number of nitrogens with zero attached hydrogens (tertiary/aromatic N) is 3. The highest BCUT2D eigenvalue weighted by atomic mass is 16.5. The van der Waals surface area contributed by atoms with Gasteiger partial charge in [-0.15, -0.1) is 0 Å². The van der Waals surface area contributed by atoms with Gasteiger partial charge >= 0.3 is 0 Å². The van der Waals surface area contributed by atoms with Crippen LogP contribution in [0.25, 0.3) is 27.9 Å². The van der Waals surface area contributed by atoms with Crippen molar-refractivity contribution in [3.63, 3.8) is 0 Å². The zero-order valence-corrected chi connectivity index (χ0v) is 25.2. The van der Waals surface area contributed by atoms with Gasteiger partial charge < -0.3 is 29.8 Å². The predicted molar refractivity (Wildman–Crippen MR) is 173 cm³/mol. The quantitative estimate of drug-likeness (QED) is 0.200. The molecule has 1 aliphatic rings. The molecule has 0 spiro atoms. The number of nitrogens with one attached hydrogen (secondary N) is 3. The van der Waals surface area contributed by atoms with E-state index in [2.05, 4.69) is 20.3 Å². The van der Waals surface area contributed by atoms with Crippen molar-refractivity contribution in [3.8, 4) is 5.88 Å². The molecule has 0 saturated carbocycles. The Morgan fingerprint density at radius 1 is 1.04 bits per heavy atom. The number of fused-ring (bicyclic) bond motifs is 2. The molecule has 0 radical (unpaired) electrons. The van der Waals surface area contributed by atoms with Crippen molar-refractivity contribution in [1.29, 1.82) is 0 Å². The Labute approximate surface area is 261 Å². The molecule has 6 rings (SSSR count). The second kappa shape index (κ2) is 13.5. The largest absolute Gasteiger partial charge is 0.473 e. The van der Waals surface area contributed by atoms with Crippen molar-refractivity contribution in [3.05, 3.63) is 102 Å². The van der Waals surface area contributed by atoms with Crippen LogP contribution in [0.5, 0.6) is 5.88 Å². The number of rotatable bonds is 11. The molecule has 10 heteroatoms. The molecule has 10 nitrogen and oxygen atoms in total. The van der Waals surface area contributed by atoms with E-state index in [1.807, 2.05) is 73.1 Å². The van der Waals surface area contributed by atoms with Crippen LogP contribution in [0.1, 0.15) is 36.5 Å². The molecule has 3 aromatic heterocycles. The summed E-state index contributed by atoms with van der Waals surface area (Å²) < 4.78 is 5.84. The van der Waals surface area contributed by atoms with Crippen LogP contribution in [0.2, 0.25) is 0 Å². The summed E-state index contributed by atoms with van der Waals surface area (Å²) >= 11 is 0. The summed E-state index contributed by atoms with van der Waals surface area (Å²) in [6.07, 6.45) is 10.8. The first-order valence-electron chi connectivity index (χ1n) is 15.2. The van der Waals surface area contributed by atoms with E-state index in [-0.39, 0.29) is 24.3 Å². The fourth-order valence-electron chi connectivity index (χ4n) is 5.88. The lowest BCUT2D eigenvalue weighted by Crippen LogP contribution is -2.50. The topological polar surface area (TPSA) is 123 Å². The highest BCUT2D eigenvalue weighted by Crippen LogP contribution is 2.24. The molecule has 45 heavy (non-hydrogen) atoms. The minimum absolute atomic E-state index is 0.120. The SMILES string of the molecule is CC(=O)N1CCC[C@@H]1C(=O)N(CCc1c[nH]c2ccccc12)CC(=O)N/C=C\c1c[nH]c2cc(OCc3ccccc3)ncc12. The number of pyridine rings is 1. The summed E-state index contributed by atoms with van der Waals surface area (Å²) in [5, 5.41) is 4.78. The van der Waals surface area contributed by atoms with Crippen molar-refractivity contribution in [1.82, 2.24) is 30.1 Å². The van der Waals surface area contributed by atoms with Gasteiger partial charge in [0.1, 0.15) is 12.6 Å². The lowest BCUT2D eigenvalue weighted by molar-refractivity contribution is -0.144. The first-order chi connectivity index (χ1) is 22.0. The Hall–Kier alpha value is -5.38. The molecule has 230 valence electrons. The molecule has 1 saturated heterocycles. The molecule has 3 N–H and O–H groups in total. The number of amides is 3. The summed E-state index contributed by atoms with van der Waals surface area (Å²) in [5.74, 6) is -0.131. The van der Waals surface area contributed by atoms with Crippen molar-refractivity contribution >= 4 is 45.6 Å². The third kappa shape index (κ3) is 6.90. The molecule has 3 amide bonds. The van der Waals surface area contributed by atoms with E-state index in [0.717, 1.165) is 44.9 Å². The first-order valence-corrected chi connectivity index (χ1v) is 15.2. The maximum Gasteiger partial charge on any atom is 0.245 e. The fourth-order valence-corrected chi connectivity index (χ4v) is 5.88. The molecular weight excluding hydrogens is 568 g/mol. The Morgan fingerprint density at radius 3 is 2.69 bits per heavy atom. The van der Waals surface area contributed by atoms with Gasteiger partial charge in [-0.2, -0.15) is 0 Å². The number of carbonyl (C=O) groups is 3. The number of benzene rings is 2. The molecule has 2 aromatic carbocycles. The van der Waals surface area contributed by atoms with Crippen LogP contribution in [-0.4, -0.2) is 68.1 Å². The number of para-hydroxylation sites is 1. The van der Waals surface area contributed by atoms with Crippen LogP contribution >= 0.6 is 0 Å². The van der Waals surface area contributed by atoms with E-state index in [4.69, 9.17) is 4.74 Å². The fraction of sp³-hybridized carbons (Fsp3) is 0.257. The third-order valence-corrected chi connectivity index (χ3v) is 8.22. The summed E-state index contributed by atoms with van der Waals surface area (Å²) in [5.41, 5.74) is 4.86. The monoisotopic (exact) mass is 604 g/mol. The molecule has 1 atom stereocenters. The van der Waals surface area contributed by atoms with E-state index in [1.165, 1.54) is 6.92 Å². The number of hydrogen-bond donors (Lipinski definition) is 3. The molecule has 1 fully saturated rings. The van der Waals surface area contributed by atoms with Gasteiger partial charge in [0.2, 0.25) is 23.6 Å². The van der Waals surface area contributed by atoms with Crippen LogP contribution in [0, 0.1) is 0 Å². The minimum atomic E-state index is -0.547. The van der Waals surface area contributed by atoms with Gasteiger partial charge in [0, 0.05) is 72.7 Å². The van der Waals surface area contributed by atoms with Crippen molar-refractivity contribution < 1.29 is 19.1 Å². The van der Waals surface area contributed by atoms with E-state index in [0.29, 0.717) is 38.4 Å². The average Bonchev–Trinajstić information content (AvgIpc) is 3.81. The van der Waals surface area contributed by atoms with Crippen molar-refractivity contribution in [2.24, 2.45) is 0 Å². The highest BCUT2D eigenvalue weighted by Gasteiger charge is 2.35.